The first kappa shape index (κ1) is 16.3. The minimum Gasteiger partial charge on any atom is -0.480 e. The van der Waals surface area contributed by atoms with E-state index < -0.39 is 24.0 Å². The van der Waals surface area contributed by atoms with Crippen molar-refractivity contribution in [3.05, 3.63) is 0 Å². The predicted molar refractivity (Wildman–Crippen MR) is 71.1 cm³/mol. The number of carboxylic acids is 1. The summed E-state index contributed by atoms with van der Waals surface area (Å²) in [6.07, 6.45) is 2.08. The van der Waals surface area contributed by atoms with Crippen molar-refractivity contribution in [2.75, 3.05) is 7.11 Å². The highest BCUT2D eigenvalue weighted by molar-refractivity contribution is 5.83. The largest absolute Gasteiger partial charge is 0.480 e. The second kappa shape index (κ2) is 6.58. The fourth-order valence-corrected chi connectivity index (χ4v) is 2.02. The number of amides is 2. The maximum absolute atomic E-state index is 11.8. The van der Waals surface area contributed by atoms with E-state index >= 15 is 0 Å². The highest BCUT2D eigenvalue weighted by atomic mass is 16.5. The third kappa shape index (κ3) is 5.07. The lowest BCUT2D eigenvalue weighted by Gasteiger charge is -2.27. The summed E-state index contributed by atoms with van der Waals surface area (Å²) >= 11 is 0. The number of esters is 1. The molecule has 0 saturated heterocycles. The number of carboxylic acid groups (broad SMARTS) is 1. The molecule has 0 spiro atoms. The Hall–Kier alpha value is -1.79. The zero-order chi connectivity index (χ0) is 15.3. The van der Waals surface area contributed by atoms with Gasteiger partial charge in [0.1, 0.15) is 6.04 Å². The molecule has 1 rings (SSSR count). The molecule has 7 heteroatoms. The van der Waals surface area contributed by atoms with Gasteiger partial charge in [0.05, 0.1) is 7.11 Å². The molecule has 3 N–H and O–H groups in total. The van der Waals surface area contributed by atoms with Gasteiger partial charge in [-0.25, -0.2) is 9.59 Å². The molecule has 0 unspecified atom stereocenters. The Kier molecular flexibility index (Phi) is 5.35. The van der Waals surface area contributed by atoms with E-state index in [9.17, 15) is 14.4 Å². The summed E-state index contributed by atoms with van der Waals surface area (Å²) in [6, 6.07) is -1.64. The van der Waals surface area contributed by atoms with Crippen LogP contribution < -0.4 is 10.6 Å². The van der Waals surface area contributed by atoms with Crippen molar-refractivity contribution in [1.29, 1.82) is 0 Å². The lowest BCUT2D eigenvalue weighted by atomic mass is 9.99. The zero-order valence-electron chi connectivity index (χ0n) is 12.1. The quantitative estimate of drug-likeness (QED) is 0.603. The van der Waals surface area contributed by atoms with E-state index in [1.807, 2.05) is 13.8 Å². The number of methoxy groups -OCH3 is 1. The summed E-state index contributed by atoms with van der Waals surface area (Å²) in [4.78, 5) is 33.9. The standard InChI is InChI=1S/C13H22N2O5/c1-13(2,8-4-5-8)15-12(19)14-9(11(17)18)6-7-10(16)20-3/h8-9H,4-7H2,1-3H3,(H,17,18)(H2,14,15,19)/t9-/m1/s1. The highest BCUT2D eigenvalue weighted by Crippen LogP contribution is 2.39. The molecule has 1 aliphatic carbocycles. The minimum atomic E-state index is -1.17. The topological polar surface area (TPSA) is 105 Å². The molecule has 0 bridgehead atoms. The van der Waals surface area contributed by atoms with Crippen LogP contribution in [0.3, 0.4) is 0 Å². The molecule has 1 aliphatic rings. The minimum absolute atomic E-state index is 0.000711. The second-order valence-corrected chi connectivity index (χ2v) is 5.60. The van der Waals surface area contributed by atoms with Gasteiger partial charge in [0.2, 0.25) is 0 Å². The van der Waals surface area contributed by atoms with Crippen LogP contribution >= 0.6 is 0 Å². The average Bonchev–Trinajstić information content (AvgIpc) is 3.17. The number of urea groups is 1. The molecular formula is C13H22N2O5. The van der Waals surface area contributed by atoms with E-state index in [0.29, 0.717) is 5.92 Å². The van der Waals surface area contributed by atoms with Crippen molar-refractivity contribution in [1.82, 2.24) is 10.6 Å². The Labute approximate surface area is 118 Å². The first-order valence-corrected chi connectivity index (χ1v) is 6.64. The number of rotatable bonds is 7. The van der Waals surface area contributed by atoms with Crippen LogP contribution in [0.25, 0.3) is 0 Å². The number of aliphatic carboxylic acids is 1. The van der Waals surface area contributed by atoms with Crippen LogP contribution in [0.15, 0.2) is 0 Å². The van der Waals surface area contributed by atoms with Crippen molar-refractivity contribution in [3.63, 3.8) is 0 Å². The van der Waals surface area contributed by atoms with Crippen LogP contribution in [-0.4, -0.2) is 41.8 Å². The van der Waals surface area contributed by atoms with E-state index in [4.69, 9.17) is 5.11 Å². The van der Waals surface area contributed by atoms with Crippen molar-refractivity contribution < 1.29 is 24.2 Å². The van der Waals surface area contributed by atoms with Gasteiger partial charge in [0.15, 0.2) is 0 Å². The van der Waals surface area contributed by atoms with Gasteiger partial charge in [0.25, 0.3) is 0 Å². The molecule has 20 heavy (non-hydrogen) atoms. The van der Waals surface area contributed by atoms with Gasteiger partial charge in [0, 0.05) is 12.0 Å². The van der Waals surface area contributed by atoms with E-state index in [2.05, 4.69) is 15.4 Å². The lowest BCUT2D eigenvalue weighted by molar-refractivity contribution is -0.142. The molecule has 1 atom stereocenters. The van der Waals surface area contributed by atoms with Gasteiger partial charge in [-0.1, -0.05) is 0 Å². The fraction of sp³-hybridized carbons (Fsp3) is 0.769. The van der Waals surface area contributed by atoms with E-state index in [-0.39, 0.29) is 18.4 Å². The fourth-order valence-electron chi connectivity index (χ4n) is 2.02. The summed E-state index contributed by atoms with van der Waals surface area (Å²) in [6.45, 7) is 3.82. The van der Waals surface area contributed by atoms with Gasteiger partial charge in [-0.15, -0.1) is 0 Å². The lowest BCUT2D eigenvalue weighted by Crippen LogP contribution is -2.53. The van der Waals surface area contributed by atoms with E-state index in [1.165, 1.54) is 7.11 Å². The Balaban J connectivity index is 2.46. The predicted octanol–water partition coefficient (Wildman–Crippen LogP) is 0.881. The average molecular weight is 286 g/mol. The van der Waals surface area contributed by atoms with Gasteiger partial charge in [-0.2, -0.15) is 0 Å². The summed E-state index contributed by atoms with van der Waals surface area (Å²) in [7, 11) is 1.23. The highest BCUT2D eigenvalue weighted by Gasteiger charge is 2.39. The second-order valence-electron chi connectivity index (χ2n) is 5.60. The Bertz CT molecular complexity index is 390. The van der Waals surface area contributed by atoms with Gasteiger partial charge >= 0.3 is 18.0 Å². The third-order valence-electron chi connectivity index (χ3n) is 3.50. The molecule has 1 fully saturated rings. The first-order valence-electron chi connectivity index (χ1n) is 6.64. The number of nitrogens with one attached hydrogen (secondary N) is 2. The number of carbonyl (C=O) groups is 3. The Morgan fingerprint density at radius 1 is 1.35 bits per heavy atom. The smallest absolute Gasteiger partial charge is 0.326 e. The molecule has 1 saturated carbocycles. The molecule has 114 valence electrons. The molecule has 0 heterocycles. The number of carbonyl (C=O) groups excluding carboxylic acids is 2. The number of hydrogen-bond donors (Lipinski definition) is 3. The maximum atomic E-state index is 11.8. The van der Waals surface area contributed by atoms with E-state index in [0.717, 1.165) is 12.8 Å². The monoisotopic (exact) mass is 286 g/mol. The van der Waals surface area contributed by atoms with Crippen LogP contribution in [0.4, 0.5) is 4.79 Å². The van der Waals surface area contributed by atoms with E-state index in [1.54, 1.807) is 0 Å². The molecule has 0 aromatic rings. The summed E-state index contributed by atoms with van der Waals surface area (Å²) in [5.41, 5.74) is -0.352. The van der Waals surface area contributed by atoms with Crippen molar-refractivity contribution >= 4 is 18.0 Å². The number of hydrogen-bond acceptors (Lipinski definition) is 4. The molecular weight excluding hydrogens is 264 g/mol. The molecule has 2 amide bonds. The number of ether oxygens (including phenoxy) is 1. The van der Waals surface area contributed by atoms with Crippen LogP contribution in [0.2, 0.25) is 0 Å². The van der Waals surface area contributed by atoms with Gasteiger partial charge in [-0.3, -0.25) is 4.79 Å². The van der Waals surface area contributed by atoms with Crippen molar-refractivity contribution in [3.8, 4) is 0 Å². The van der Waals surface area contributed by atoms with Crippen LogP contribution in [-0.2, 0) is 14.3 Å². The molecule has 0 radical (unpaired) electrons. The van der Waals surface area contributed by atoms with Gasteiger partial charge < -0.3 is 20.5 Å². The Morgan fingerprint density at radius 2 is 1.95 bits per heavy atom. The Morgan fingerprint density at radius 3 is 2.40 bits per heavy atom. The maximum Gasteiger partial charge on any atom is 0.326 e. The van der Waals surface area contributed by atoms with Crippen LogP contribution in [0, 0.1) is 5.92 Å². The molecule has 0 aliphatic heterocycles. The first-order chi connectivity index (χ1) is 9.26. The summed E-state index contributed by atoms with van der Waals surface area (Å²) in [5, 5.41) is 14.2. The summed E-state index contributed by atoms with van der Waals surface area (Å²) < 4.78 is 4.45. The van der Waals surface area contributed by atoms with Crippen molar-refractivity contribution in [2.45, 2.75) is 51.1 Å². The van der Waals surface area contributed by atoms with Crippen LogP contribution in [0.1, 0.15) is 39.5 Å². The van der Waals surface area contributed by atoms with Gasteiger partial charge in [-0.05, 0) is 39.0 Å². The molecule has 7 nitrogen and oxygen atoms in total. The third-order valence-corrected chi connectivity index (χ3v) is 3.50. The van der Waals surface area contributed by atoms with Crippen molar-refractivity contribution in [2.24, 2.45) is 5.92 Å². The summed E-state index contributed by atoms with van der Waals surface area (Å²) in [5.74, 6) is -1.24. The molecule has 0 aromatic heterocycles. The SMILES string of the molecule is COC(=O)CC[C@@H](NC(=O)NC(C)(C)C1CC1)C(=O)O. The normalized spacial score (nSPS) is 16.1. The van der Waals surface area contributed by atoms with Crippen LogP contribution in [0.5, 0.6) is 0 Å². The molecule has 0 aromatic carbocycles. The zero-order valence-corrected chi connectivity index (χ0v) is 12.1.